The van der Waals surface area contributed by atoms with Gasteiger partial charge in [0.25, 0.3) is 0 Å². The molecule has 0 aromatic heterocycles. The van der Waals surface area contributed by atoms with Crippen LogP contribution in [0.4, 0.5) is 0 Å². The molecule has 0 aliphatic heterocycles. The smallest absolute Gasteiger partial charge is 0.163 e. The Balaban J connectivity index is 3.33. The number of rotatable bonds is 3. The summed E-state index contributed by atoms with van der Waals surface area (Å²) in [6.45, 7) is 3.69. The second kappa shape index (κ2) is 4.81. The van der Waals surface area contributed by atoms with Crippen LogP contribution in [0.25, 0.3) is 0 Å². The molecule has 0 fully saturated rings. The zero-order valence-corrected chi connectivity index (χ0v) is 9.26. The van der Waals surface area contributed by atoms with Crippen molar-refractivity contribution in [3.8, 4) is 11.8 Å². The summed E-state index contributed by atoms with van der Waals surface area (Å²) >= 11 is 5.83. The molecule has 0 unspecified atom stereocenters. The van der Waals surface area contributed by atoms with Crippen LogP contribution < -0.4 is 4.74 Å². The standard InChI is InChI=1S/C11H10ClNO2/c1-3-15-11-5-10(12)8(6-13)4-9(11)7(2)14/h4-5H,3H2,1-2H3. The molecule has 0 N–H and O–H groups in total. The van der Waals surface area contributed by atoms with Crippen LogP contribution in [0.5, 0.6) is 5.75 Å². The molecule has 78 valence electrons. The van der Waals surface area contributed by atoms with E-state index in [0.29, 0.717) is 22.9 Å². The molecule has 1 aromatic carbocycles. The highest BCUT2D eigenvalue weighted by atomic mass is 35.5. The Labute approximate surface area is 93.2 Å². The Morgan fingerprint density at radius 3 is 2.73 bits per heavy atom. The van der Waals surface area contributed by atoms with E-state index in [1.54, 1.807) is 0 Å². The molecule has 0 amide bonds. The molecule has 4 heteroatoms. The third kappa shape index (κ3) is 2.48. The molecular formula is C11H10ClNO2. The van der Waals surface area contributed by atoms with Crippen molar-refractivity contribution < 1.29 is 9.53 Å². The van der Waals surface area contributed by atoms with Crippen LogP contribution in [0.15, 0.2) is 12.1 Å². The Hall–Kier alpha value is -1.53. The maximum Gasteiger partial charge on any atom is 0.163 e. The van der Waals surface area contributed by atoms with Gasteiger partial charge in [0.2, 0.25) is 0 Å². The maximum atomic E-state index is 11.3. The van der Waals surface area contributed by atoms with Gasteiger partial charge in [0.15, 0.2) is 5.78 Å². The largest absolute Gasteiger partial charge is 0.493 e. The van der Waals surface area contributed by atoms with E-state index in [1.165, 1.54) is 19.1 Å². The minimum Gasteiger partial charge on any atom is -0.493 e. The fourth-order valence-corrected chi connectivity index (χ4v) is 1.39. The van der Waals surface area contributed by atoms with Crippen molar-refractivity contribution in [1.82, 2.24) is 0 Å². The minimum atomic E-state index is -0.147. The predicted octanol–water partition coefficient (Wildman–Crippen LogP) is 2.81. The Bertz CT molecular complexity index is 435. The Morgan fingerprint density at radius 1 is 1.60 bits per heavy atom. The molecule has 0 spiro atoms. The number of hydrogen-bond acceptors (Lipinski definition) is 3. The normalized spacial score (nSPS) is 9.47. The Morgan fingerprint density at radius 2 is 2.27 bits per heavy atom. The minimum absolute atomic E-state index is 0.147. The molecule has 1 rings (SSSR count). The second-order valence-corrected chi connectivity index (χ2v) is 3.34. The van der Waals surface area contributed by atoms with Crippen LogP contribution in [-0.4, -0.2) is 12.4 Å². The number of carbonyl (C=O) groups excluding carboxylic acids is 1. The molecule has 0 saturated heterocycles. The van der Waals surface area contributed by atoms with Crippen molar-refractivity contribution in [2.75, 3.05) is 6.61 Å². The average molecular weight is 224 g/mol. The lowest BCUT2D eigenvalue weighted by atomic mass is 10.1. The average Bonchev–Trinajstić information content (AvgIpc) is 2.18. The van der Waals surface area contributed by atoms with E-state index in [2.05, 4.69) is 0 Å². The number of benzene rings is 1. The van der Waals surface area contributed by atoms with Crippen molar-refractivity contribution in [2.45, 2.75) is 13.8 Å². The highest BCUT2D eigenvalue weighted by Gasteiger charge is 2.12. The summed E-state index contributed by atoms with van der Waals surface area (Å²) in [6, 6.07) is 4.87. The van der Waals surface area contributed by atoms with Gasteiger partial charge in [0.1, 0.15) is 11.8 Å². The van der Waals surface area contributed by atoms with Crippen molar-refractivity contribution >= 4 is 17.4 Å². The molecule has 0 radical (unpaired) electrons. The van der Waals surface area contributed by atoms with Crippen molar-refractivity contribution in [3.05, 3.63) is 28.3 Å². The quantitative estimate of drug-likeness (QED) is 0.741. The molecule has 0 heterocycles. The maximum absolute atomic E-state index is 11.3. The van der Waals surface area contributed by atoms with E-state index in [-0.39, 0.29) is 11.3 Å². The van der Waals surface area contributed by atoms with E-state index in [9.17, 15) is 4.79 Å². The number of halogens is 1. The summed E-state index contributed by atoms with van der Waals surface area (Å²) in [5.41, 5.74) is 0.670. The van der Waals surface area contributed by atoms with Crippen LogP contribution in [0.2, 0.25) is 5.02 Å². The van der Waals surface area contributed by atoms with Crippen LogP contribution in [0.1, 0.15) is 29.8 Å². The van der Waals surface area contributed by atoms with Gasteiger partial charge >= 0.3 is 0 Å². The Kier molecular flexibility index (Phi) is 3.70. The molecule has 0 aliphatic rings. The third-order valence-corrected chi connectivity index (χ3v) is 2.18. The first-order valence-corrected chi connectivity index (χ1v) is 4.85. The number of Topliss-reactive ketones (excluding diaryl/α,β-unsaturated/α-hetero) is 1. The van der Waals surface area contributed by atoms with Gasteiger partial charge in [-0.05, 0) is 19.9 Å². The molecule has 0 saturated carbocycles. The lowest BCUT2D eigenvalue weighted by Gasteiger charge is -2.09. The van der Waals surface area contributed by atoms with Crippen molar-refractivity contribution in [1.29, 1.82) is 5.26 Å². The number of ketones is 1. The lowest BCUT2D eigenvalue weighted by molar-refractivity contribution is 0.101. The van der Waals surface area contributed by atoms with E-state index >= 15 is 0 Å². The molecule has 0 bridgehead atoms. The van der Waals surface area contributed by atoms with Gasteiger partial charge in [-0.25, -0.2) is 0 Å². The first-order chi connectivity index (χ1) is 7.10. The van der Waals surface area contributed by atoms with Crippen LogP contribution in [0, 0.1) is 11.3 Å². The molecule has 3 nitrogen and oxygen atoms in total. The predicted molar refractivity (Wildman–Crippen MR) is 57.3 cm³/mol. The lowest BCUT2D eigenvalue weighted by Crippen LogP contribution is -2.01. The first-order valence-electron chi connectivity index (χ1n) is 4.47. The summed E-state index contributed by atoms with van der Waals surface area (Å²) in [6.07, 6.45) is 0. The first kappa shape index (κ1) is 11.5. The third-order valence-electron chi connectivity index (χ3n) is 1.87. The van der Waals surface area contributed by atoms with Gasteiger partial charge in [-0.3, -0.25) is 4.79 Å². The summed E-state index contributed by atoms with van der Waals surface area (Å²) in [5.74, 6) is 0.278. The summed E-state index contributed by atoms with van der Waals surface area (Å²) < 4.78 is 5.26. The zero-order valence-electron chi connectivity index (χ0n) is 8.50. The number of hydrogen-bond donors (Lipinski definition) is 0. The summed E-state index contributed by atoms with van der Waals surface area (Å²) in [4.78, 5) is 11.3. The fourth-order valence-electron chi connectivity index (χ4n) is 1.19. The highest BCUT2D eigenvalue weighted by Crippen LogP contribution is 2.27. The zero-order chi connectivity index (χ0) is 11.4. The molecular weight excluding hydrogens is 214 g/mol. The summed E-state index contributed by atoms with van der Waals surface area (Å²) in [7, 11) is 0. The van der Waals surface area contributed by atoms with Crippen molar-refractivity contribution in [2.24, 2.45) is 0 Å². The van der Waals surface area contributed by atoms with Crippen LogP contribution >= 0.6 is 11.6 Å². The van der Waals surface area contributed by atoms with Gasteiger partial charge in [0, 0.05) is 6.07 Å². The summed E-state index contributed by atoms with van der Waals surface area (Å²) in [5, 5.41) is 9.06. The number of ether oxygens (including phenoxy) is 1. The van der Waals surface area contributed by atoms with E-state index < -0.39 is 0 Å². The van der Waals surface area contributed by atoms with Gasteiger partial charge in [-0.15, -0.1) is 0 Å². The van der Waals surface area contributed by atoms with Gasteiger partial charge < -0.3 is 4.74 Å². The number of nitrogens with zero attached hydrogens (tertiary/aromatic N) is 1. The van der Waals surface area contributed by atoms with E-state index in [1.807, 2.05) is 13.0 Å². The number of carbonyl (C=O) groups is 1. The number of nitriles is 1. The topological polar surface area (TPSA) is 50.1 Å². The van der Waals surface area contributed by atoms with Gasteiger partial charge in [0.05, 0.1) is 22.8 Å². The fraction of sp³-hybridized carbons (Fsp3) is 0.273. The molecule has 0 aliphatic carbocycles. The second-order valence-electron chi connectivity index (χ2n) is 2.93. The van der Waals surface area contributed by atoms with Crippen LogP contribution in [-0.2, 0) is 0 Å². The van der Waals surface area contributed by atoms with Crippen LogP contribution in [0.3, 0.4) is 0 Å². The van der Waals surface area contributed by atoms with E-state index in [0.717, 1.165) is 0 Å². The molecule has 0 atom stereocenters. The van der Waals surface area contributed by atoms with Gasteiger partial charge in [-0.1, -0.05) is 11.6 Å². The SMILES string of the molecule is CCOc1cc(Cl)c(C#N)cc1C(C)=O. The van der Waals surface area contributed by atoms with Crippen molar-refractivity contribution in [3.63, 3.8) is 0 Å². The monoisotopic (exact) mass is 223 g/mol. The molecule has 1 aromatic rings. The highest BCUT2D eigenvalue weighted by molar-refractivity contribution is 6.32. The van der Waals surface area contributed by atoms with E-state index in [4.69, 9.17) is 21.6 Å². The van der Waals surface area contributed by atoms with Gasteiger partial charge in [-0.2, -0.15) is 5.26 Å². The molecule has 15 heavy (non-hydrogen) atoms.